The molecule has 0 fully saturated rings. The van der Waals surface area contributed by atoms with E-state index >= 15 is 0 Å². The highest BCUT2D eigenvalue weighted by molar-refractivity contribution is 5.93. The quantitative estimate of drug-likeness (QED) is 0.764. The van der Waals surface area contributed by atoms with Crippen molar-refractivity contribution in [2.75, 3.05) is 0 Å². The number of aromatic carboxylic acids is 1. The summed E-state index contributed by atoms with van der Waals surface area (Å²) in [5.41, 5.74) is -2.31. The fourth-order valence-corrected chi connectivity index (χ4v) is 1.22. The Labute approximate surface area is 82.8 Å². The molecule has 0 saturated carbocycles. The van der Waals surface area contributed by atoms with E-state index < -0.39 is 29.0 Å². The Hall–Kier alpha value is -1.72. The van der Waals surface area contributed by atoms with Crippen molar-refractivity contribution >= 4 is 5.97 Å². The van der Waals surface area contributed by atoms with Gasteiger partial charge in [-0.15, -0.1) is 0 Å². The van der Waals surface area contributed by atoms with Gasteiger partial charge in [-0.05, 0) is 24.6 Å². The molecule has 0 radical (unpaired) electrons. The summed E-state index contributed by atoms with van der Waals surface area (Å²) in [6, 6.07) is 1.65. The first-order valence-electron chi connectivity index (χ1n) is 3.87. The lowest BCUT2D eigenvalue weighted by atomic mass is 10.0. The Balaban J connectivity index is 3.54. The Bertz CT molecular complexity index is 410. The molecule has 82 valence electrons. The van der Waals surface area contributed by atoms with Crippen molar-refractivity contribution in [3.05, 3.63) is 28.8 Å². The van der Waals surface area contributed by atoms with Crippen LogP contribution in [0.3, 0.4) is 0 Å². The molecular weight excluding hydrogens is 213 g/mol. The van der Waals surface area contributed by atoms with E-state index in [9.17, 15) is 18.0 Å². The minimum atomic E-state index is -4.79. The summed E-state index contributed by atoms with van der Waals surface area (Å²) >= 11 is 0. The largest absolute Gasteiger partial charge is 0.507 e. The van der Waals surface area contributed by atoms with Gasteiger partial charge in [0.2, 0.25) is 0 Å². The van der Waals surface area contributed by atoms with Crippen LogP contribution in [0.25, 0.3) is 0 Å². The average molecular weight is 220 g/mol. The lowest BCUT2D eigenvalue weighted by Gasteiger charge is -2.12. The van der Waals surface area contributed by atoms with Gasteiger partial charge in [0.15, 0.2) is 0 Å². The van der Waals surface area contributed by atoms with E-state index in [1.54, 1.807) is 0 Å². The van der Waals surface area contributed by atoms with Gasteiger partial charge < -0.3 is 10.2 Å². The van der Waals surface area contributed by atoms with Crippen LogP contribution in [-0.4, -0.2) is 16.2 Å². The minimum absolute atomic E-state index is 0.143. The highest BCUT2D eigenvalue weighted by atomic mass is 19.4. The van der Waals surface area contributed by atoms with Crippen molar-refractivity contribution in [1.29, 1.82) is 0 Å². The fraction of sp³-hybridized carbons (Fsp3) is 0.222. The third-order valence-corrected chi connectivity index (χ3v) is 1.78. The Morgan fingerprint density at radius 2 is 1.87 bits per heavy atom. The second-order valence-corrected chi connectivity index (χ2v) is 3.01. The van der Waals surface area contributed by atoms with Gasteiger partial charge in [-0.1, -0.05) is 0 Å². The van der Waals surface area contributed by atoms with Crippen molar-refractivity contribution < 1.29 is 28.2 Å². The van der Waals surface area contributed by atoms with Crippen molar-refractivity contribution in [2.45, 2.75) is 13.1 Å². The molecular formula is C9H7F3O3. The van der Waals surface area contributed by atoms with Gasteiger partial charge in [0.05, 0.1) is 5.56 Å². The third kappa shape index (κ3) is 2.20. The zero-order valence-electron chi connectivity index (χ0n) is 7.59. The summed E-state index contributed by atoms with van der Waals surface area (Å²) in [7, 11) is 0. The van der Waals surface area contributed by atoms with Crippen LogP contribution in [0.1, 0.15) is 21.5 Å². The summed E-state index contributed by atoms with van der Waals surface area (Å²) in [5, 5.41) is 17.7. The van der Waals surface area contributed by atoms with Gasteiger partial charge in [-0.3, -0.25) is 0 Å². The van der Waals surface area contributed by atoms with Crippen LogP contribution in [-0.2, 0) is 6.18 Å². The number of halogens is 3. The molecule has 0 aliphatic carbocycles. The van der Waals surface area contributed by atoms with Crippen LogP contribution in [0, 0.1) is 6.92 Å². The third-order valence-electron chi connectivity index (χ3n) is 1.78. The molecule has 0 aromatic heterocycles. The molecule has 1 rings (SSSR count). The molecule has 0 spiro atoms. The molecule has 0 aliphatic heterocycles. The molecule has 0 heterocycles. The number of carboxylic acid groups (broad SMARTS) is 1. The van der Waals surface area contributed by atoms with Crippen LogP contribution in [0.5, 0.6) is 5.75 Å². The van der Waals surface area contributed by atoms with Crippen LogP contribution >= 0.6 is 0 Å². The molecule has 0 aliphatic rings. The number of alkyl halides is 3. The van der Waals surface area contributed by atoms with E-state index in [1.165, 1.54) is 6.92 Å². The topological polar surface area (TPSA) is 57.5 Å². The molecule has 0 bridgehead atoms. The number of aromatic hydroxyl groups is 1. The van der Waals surface area contributed by atoms with Crippen LogP contribution < -0.4 is 0 Å². The van der Waals surface area contributed by atoms with Crippen molar-refractivity contribution in [1.82, 2.24) is 0 Å². The average Bonchev–Trinajstić information content (AvgIpc) is 1.99. The van der Waals surface area contributed by atoms with E-state index in [-0.39, 0.29) is 5.56 Å². The second-order valence-electron chi connectivity index (χ2n) is 3.01. The first-order chi connectivity index (χ1) is 6.73. The molecule has 0 saturated heterocycles. The normalized spacial score (nSPS) is 11.5. The van der Waals surface area contributed by atoms with Crippen molar-refractivity contribution in [3.8, 4) is 5.75 Å². The van der Waals surface area contributed by atoms with Crippen LogP contribution in [0.15, 0.2) is 12.1 Å². The lowest BCUT2D eigenvalue weighted by molar-refractivity contribution is -0.138. The molecule has 1 aromatic carbocycles. The first-order valence-corrected chi connectivity index (χ1v) is 3.87. The number of rotatable bonds is 1. The van der Waals surface area contributed by atoms with Gasteiger partial charge >= 0.3 is 12.1 Å². The van der Waals surface area contributed by atoms with E-state index in [0.29, 0.717) is 6.07 Å². The van der Waals surface area contributed by atoms with E-state index in [0.717, 1.165) is 6.07 Å². The molecule has 3 nitrogen and oxygen atoms in total. The first kappa shape index (κ1) is 11.4. The zero-order chi connectivity index (χ0) is 11.8. The molecule has 6 heteroatoms. The van der Waals surface area contributed by atoms with Gasteiger partial charge in [0, 0.05) is 0 Å². The number of aryl methyl sites for hydroxylation is 1. The standard InChI is InChI=1S/C9H7F3O3/c1-4-2-5(9(10,11)12)7(8(14)15)6(13)3-4/h2-3,13H,1H3,(H,14,15). The number of carboxylic acids is 1. The Morgan fingerprint density at radius 3 is 2.27 bits per heavy atom. The maximum atomic E-state index is 12.4. The van der Waals surface area contributed by atoms with Gasteiger partial charge in [0.1, 0.15) is 11.3 Å². The Morgan fingerprint density at radius 1 is 1.33 bits per heavy atom. The number of hydrogen-bond donors (Lipinski definition) is 2. The van der Waals surface area contributed by atoms with Crippen LogP contribution in [0.4, 0.5) is 13.2 Å². The summed E-state index contributed by atoms with van der Waals surface area (Å²) in [6.45, 7) is 1.33. The molecule has 0 atom stereocenters. The predicted octanol–water partition coefficient (Wildman–Crippen LogP) is 2.42. The predicted molar refractivity (Wildman–Crippen MR) is 44.8 cm³/mol. The zero-order valence-corrected chi connectivity index (χ0v) is 7.59. The van der Waals surface area contributed by atoms with E-state index in [1.807, 2.05) is 0 Å². The second kappa shape index (κ2) is 3.45. The minimum Gasteiger partial charge on any atom is -0.507 e. The smallest absolute Gasteiger partial charge is 0.417 e. The Kier molecular flexibility index (Phi) is 2.61. The maximum Gasteiger partial charge on any atom is 0.417 e. The SMILES string of the molecule is Cc1cc(O)c(C(=O)O)c(C(F)(F)F)c1. The summed E-state index contributed by atoms with van der Waals surface area (Å²) < 4.78 is 37.2. The summed E-state index contributed by atoms with van der Waals surface area (Å²) in [6.07, 6.45) is -4.79. The summed E-state index contributed by atoms with van der Waals surface area (Å²) in [4.78, 5) is 10.5. The monoisotopic (exact) mass is 220 g/mol. The number of carbonyl (C=O) groups is 1. The fourth-order valence-electron chi connectivity index (χ4n) is 1.22. The molecule has 0 amide bonds. The lowest BCUT2D eigenvalue weighted by Crippen LogP contribution is -2.13. The molecule has 2 N–H and O–H groups in total. The highest BCUT2D eigenvalue weighted by Gasteiger charge is 2.37. The van der Waals surface area contributed by atoms with E-state index in [2.05, 4.69) is 0 Å². The van der Waals surface area contributed by atoms with Gasteiger partial charge in [-0.25, -0.2) is 4.79 Å². The maximum absolute atomic E-state index is 12.4. The summed E-state index contributed by atoms with van der Waals surface area (Å²) in [5.74, 6) is -2.69. The van der Waals surface area contributed by atoms with Gasteiger partial charge in [-0.2, -0.15) is 13.2 Å². The number of phenols is 1. The van der Waals surface area contributed by atoms with E-state index in [4.69, 9.17) is 10.2 Å². The number of hydrogen-bond acceptors (Lipinski definition) is 2. The molecule has 1 aromatic rings. The van der Waals surface area contributed by atoms with Crippen molar-refractivity contribution in [3.63, 3.8) is 0 Å². The highest BCUT2D eigenvalue weighted by Crippen LogP contribution is 2.36. The van der Waals surface area contributed by atoms with Crippen molar-refractivity contribution in [2.24, 2.45) is 0 Å². The molecule has 15 heavy (non-hydrogen) atoms. The van der Waals surface area contributed by atoms with Crippen LogP contribution in [0.2, 0.25) is 0 Å². The molecule has 0 unspecified atom stereocenters. The van der Waals surface area contributed by atoms with Gasteiger partial charge in [0.25, 0.3) is 0 Å². The number of benzene rings is 1.